The fraction of sp³-hybridized carbons (Fsp3) is 0.462. The van der Waals surface area contributed by atoms with E-state index < -0.39 is 0 Å². The molecule has 1 aliphatic rings. The first-order chi connectivity index (χ1) is 8.16. The minimum absolute atomic E-state index is 0.00859. The Morgan fingerprint density at radius 1 is 1.53 bits per heavy atom. The van der Waals surface area contributed by atoms with Crippen molar-refractivity contribution in [2.24, 2.45) is 0 Å². The van der Waals surface area contributed by atoms with Crippen LogP contribution in [0.3, 0.4) is 0 Å². The molecule has 0 unspecified atom stereocenters. The third kappa shape index (κ3) is 3.30. The van der Waals surface area contributed by atoms with E-state index in [0.717, 1.165) is 41.5 Å². The predicted octanol–water partition coefficient (Wildman–Crippen LogP) is 2.24. The third-order valence-corrected chi connectivity index (χ3v) is 3.69. The monoisotopic (exact) mass is 296 g/mol. The van der Waals surface area contributed by atoms with Crippen LogP contribution >= 0.6 is 15.9 Å². The number of nitrogens with one attached hydrogen (secondary N) is 2. The van der Waals surface area contributed by atoms with Crippen molar-refractivity contribution in [1.29, 1.82) is 0 Å². The molecule has 3 nitrogen and oxygen atoms in total. The molecule has 1 aromatic carbocycles. The van der Waals surface area contributed by atoms with E-state index >= 15 is 0 Å². The highest BCUT2D eigenvalue weighted by molar-refractivity contribution is 9.10. The zero-order valence-electron chi connectivity index (χ0n) is 9.92. The van der Waals surface area contributed by atoms with E-state index in [2.05, 4.69) is 26.6 Å². The molecule has 0 spiro atoms. The van der Waals surface area contributed by atoms with Crippen LogP contribution in [0.2, 0.25) is 0 Å². The van der Waals surface area contributed by atoms with Crippen molar-refractivity contribution in [3.05, 3.63) is 33.8 Å². The molecule has 1 saturated heterocycles. The van der Waals surface area contributed by atoms with Gasteiger partial charge in [0.2, 0.25) is 0 Å². The van der Waals surface area contributed by atoms with Crippen LogP contribution in [-0.4, -0.2) is 25.0 Å². The summed E-state index contributed by atoms with van der Waals surface area (Å²) in [6, 6.07) is 6.07. The molecule has 0 saturated carbocycles. The summed E-state index contributed by atoms with van der Waals surface area (Å²) in [5, 5.41) is 6.36. The molecule has 2 rings (SSSR count). The minimum atomic E-state index is 0.00859. The molecule has 2 N–H and O–H groups in total. The Hall–Kier alpha value is -0.870. The highest BCUT2D eigenvalue weighted by Crippen LogP contribution is 2.18. The van der Waals surface area contributed by atoms with Gasteiger partial charge in [-0.3, -0.25) is 4.79 Å². The van der Waals surface area contributed by atoms with Crippen LogP contribution in [0.1, 0.15) is 28.8 Å². The predicted molar refractivity (Wildman–Crippen MR) is 72.2 cm³/mol. The number of piperidine rings is 1. The van der Waals surface area contributed by atoms with E-state index in [1.807, 2.05) is 25.1 Å². The maximum absolute atomic E-state index is 12.1. The molecule has 1 aliphatic heterocycles. The quantitative estimate of drug-likeness (QED) is 0.879. The van der Waals surface area contributed by atoms with Gasteiger partial charge < -0.3 is 10.6 Å². The van der Waals surface area contributed by atoms with E-state index in [1.54, 1.807) is 0 Å². The number of halogens is 1. The number of benzene rings is 1. The normalized spacial score (nSPS) is 20.0. The summed E-state index contributed by atoms with van der Waals surface area (Å²) < 4.78 is 0.851. The van der Waals surface area contributed by atoms with Crippen LogP contribution in [0.15, 0.2) is 22.7 Å². The van der Waals surface area contributed by atoms with E-state index in [0.29, 0.717) is 0 Å². The Morgan fingerprint density at radius 2 is 2.35 bits per heavy atom. The third-order valence-electron chi connectivity index (χ3n) is 3.00. The van der Waals surface area contributed by atoms with Gasteiger partial charge in [-0.05, 0) is 54.4 Å². The van der Waals surface area contributed by atoms with E-state index in [-0.39, 0.29) is 11.9 Å². The van der Waals surface area contributed by atoms with Crippen molar-refractivity contribution < 1.29 is 4.79 Å². The summed E-state index contributed by atoms with van der Waals surface area (Å²) in [5.41, 5.74) is 1.82. The molecular weight excluding hydrogens is 280 g/mol. The van der Waals surface area contributed by atoms with Crippen LogP contribution in [0.25, 0.3) is 0 Å². The van der Waals surface area contributed by atoms with Crippen molar-refractivity contribution in [3.8, 4) is 0 Å². The Morgan fingerprint density at radius 3 is 3.06 bits per heavy atom. The van der Waals surface area contributed by atoms with Gasteiger partial charge in [0.15, 0.2) is 0 Å². The van der Waals surface area contributed by atoms with Crippen LogP contribution in [0, 0.1) is 6.92 Å². The number of amides is 1. The van der Waals surface area contributed by atoms with Gasteiger partial charge in [0.05, 0.1) is 5.56 Å². The Labute approximate surface area is 110 Å². The molecule has 0 aliphatic carbocycles. The van der Waals surface area contributed by atoms with Gasteiger partial charge in [-0.15, -0.1) is 0 Å². The summed E-state index contributed by atoms with van der Waals surface area (Å²) in [7, 11) is 0. The molecule has 92 valence electrons. The van der Waals surface area contributed by atoms with Crippen LogP contribution in [0.4, 0.5) is 0 Å². The molecule has 0 aromatic heterocycles. The van der Waals surface area contributed by atoms with E-state index in [4.69, 9.17) is 0 Å². The molecule has 1 amide bonds. The Balaban J connectivity index is 2.05. The number of aryl methyl sites for hydroxylation is 1. The topological polar surface area (TPSA) is 41.1 Å². The van der Waals surface area contributed by atoms with Crippen molar-refractivity contribution in [2.45, 2.75) is 25.8 Å². The number of rotatable bonds is 2. The first kappa shape index (κ1) is 12.6. The lowest BCUT2D eigenvalue weighted by molar-refractivity contribution is 0.0930. The van der Waals surface area contributed by atoms with Crippen LogP contribution in [-0.2, 0) is 0 Å². The average Bonchev–Trinajstić information content (AvgIpc) is 2.33. The van der Waals surface area contributed by atoms with Gasteiger partial charge in [0, 0.05) is 17.1 Å². The van der Waals surface area contributed by atoms with E-state index in [9.17, 15) is 4.79 Å². The minimum Gasteiger partial charge on any atom is -0.348 e. The van der Waals surface area contributed by atoms with Gasteiger partial charge in [-0.1, -0.05) is 11.6 Å². The average molecular weight is 297 g/mol. The smallest absolute Gasteiger partial charge is 0.252 e. The number of hydrogen-bond donors (Lipinski definition) is 2. The standard InChI is InChI=1S/C13H17BrN2O/c1-9-4-5-12(14)11(7-9)13(17)16-10-3-2-6-15-8-10/h4-5,7,10,15H,2-3,6,8H2,1H3,(H,16,17)/t10-/m0/s1. The maximum Gasteiger partial charge on any atom is 0.252 e. The van der Waals surface area contributed by atoms with Gasteiger partial charge in [0.25, 0.3) is 5.91 Å². The highest BCUT2D eigenvalue weighted by Gasteiger charge is 2.17. The lowest BCUT2D eigenvalue weighted by Crippen LogP contribution is -2.45. The van der Waals surface area contributed by atoms with Gasteiger partial charge in [0.1, 0.15) is 0 Å². The summed E-state index contributed by atoms with van der Waals surface area (Å²) in [5.74, 6) is 0.00859. The molecule has 17 heavy (non-hydrogen) atoms. The molecular formula is C13H17BrN2O. The van der Waals surface area contributed by atoms with Crippen molar-refractivity contribution >= 4 is 21.8 Å². The summed E-state index contributed by atoms with van der Waals surface area (Å²) in [6.45, 7) is 3.92. The van der Waals surface area contributed by atoms with Crippen LogP contribution in [0.5, 0.6) is 0 Å². The first-order valence-electron chi connectivity index (χ1n) is 5.94. The molecule has 1 atom stereocenters. The van der Waals surface area contributed by atoms with Gasteiger partial charge >= 0.3 is 0 Å². The zero-order chi connectivity index (χ0) is 12.3. The lowest BCUT2D eigenvalue weighted by Gasteiger charge is -2.24. The van der Waals surface area contributed by atoms with E-state index in [1.165, 1.54) is 0 Å². The second kappa shape index (κ2) is 5.65. The van der Waals surface area contributed by atoms with Gasteiger partial charge in [-0.2, -0.15) is 0 Å². The SMILES string of the molecule is Cc1ccc(Br)c(C(=O)N[C@H]2CCCNC2)c1. The summed E-state index contributed by atoms with van der Waals surface area (Å²) in [4.78, 5) is 12.1. The molecule has 0 bridgehead atoms. The molecule has 1 heterocycles. The van der Waals surface area contributed by atoms with Crippen molar-refractivity contribution in [2.75, 3.05) is 13.1 Å². The Bertz CT molecular complexity index is 414. The fourth-order valence-electron chi connectivity index (χ4n) is 2.05. The maximum atomic E-state index is 12.1. The molecule has 4 heteroatoms. The number of carbonyl (C=O) groups is 1. The zero-order valence-corrected chi connectivity index (χ0v) is 11.5. The molecule has 1 aromatic rings. The lowest BCUT2D eigenvalue weighted by atomic mass is 10.1. The Kier molecular flexibility index (Phi) is 4.18. The van der Waals surface area contributed by atoms with Gasteiger partial charge in [-0.25, -0.2) is 0 Å². The van der Waals surface area contributed by atoms with Crippen molar-refractivity contribution in [1.82, 2.24) is 10.6 Å². The number of hydrogen-bond acceptors (Lipinski definition) is 2. The first-order valence-corrected chi connectivity index (χ1v) is 6.74. The highest BCUT2D eigenvalue weighted by atomic mass is 79.9. The molecule has 1 fully saturated rings. The summed E-state index contributed by atoms with van der Waals surface area (Å²) in [6.07, 6.45) is 2.18. The summed E-state index contributed by atoms with van der Waals surface area (Å²) >= 11 is 3.42. The second-order valence-electron chi connectivity index (χ2n) is 4.50. The van der Waals surface area contributed by atoms with Crippen molar-refractivity contribution in [3.63, 3.8) is 0 Å². The largest absolute Gasteiger partial charge is 0.348 e. The van der Waals surface area contributed by atoms with Crippen LogP contribution < -0.4 is 10.6 Å². The number of carbonyl (C=O) groups excluding carboxylic acids is 1. The second-order valence-corrected chi connectivity index (χ2v) is 5.35. The fourth-order valence-corrected chi connectivity index (χ4v) is 2.48. The molecule has 0 radical (unpaired) electrons.